The van der Waals surface area contributed by atoms with Crippen molar-refractivity contribution in [3.05, 3.63) is 68.8 Å². The molecule has 0 aliphatic carbocycles. The van der Waals surface area contributed by atoms with E-state index in [2.05, 4.69) is 69.2 Å². The first-order chi connectivity index (χ1) is 9.24. The number of benzene rings is 2. The summed E-state index contributed by atoms with van der Waals surface area (Å²) < 4.78 is 1.12. The van der Waals surface area contributed by atoms with Crippen LogP contribution in [-0.2, 0) is 6.42 Å². The molecule has 3 rings (SSSR count). The highest BCUT2D eigenvalue weighted by atomic mass is 79.9. The second-order valence-electron chi connectivity index (χ2n) is 4.67. The average Bonchev–Trinajstić information content (AvgIpc) is 2.85. The van der Waals surface area contributed by atoms with Crippen molar-refractivity contribution in [2.24, 2.45) is 5.73 Å². The Kier molecular flexibility index (Phi) is 3.69. The average molecular weight is 332 g/mol. The summed E-state index contributed by atoms with van der Waals surface area (Å²) in [6.45, 7) is 0. The van der Waals surface area contributed by atoms with Gasteiger partial charge in [0.1, 0.15) is 0 Å². The standard InChI is InChI=1S/C16H14BrNS/c17-15-10-19-9-14(15)16(18)8-11-5-6-12-3-1-2-4-13(12)7-11/h1-7,9-10,16H,8,18H2. The van der Waals surface area contributed by atoms with Crippen molar-refractivity contribution in [3.8, 4) is 0 Å². The largest absolute Gasteiger partial charge is 0.324 e. The summed E-state index contributed by atoms with van der Waals surface area (Å²) in [4.78, 5) is 0. The molecule has 96 valence electrons. The third kappa shape index (κ3) is 2.73. The molecule has 2 aromatic carbocycles. The zero-order valence-electron chi connectivity index (χ0n) is 10.3. The second kappa shape index (κ2) is 5.45. The van der Waals surface area contributed by atoms with Gasteiger partial charge in [0.25, 0.3) is 0 Å². The lowest BCUT2D eigenvalue weighted by molar-refractivity contribution is 0.722. The maximum atomic E-state index is 6.29. The zero-order chi connectivity index (χ0) is 13.2. The number of hydrogen-bond acceptors (Lipinski definition) is 2. The molecule has 1 nitrogen and oxygen atoms in total. The summed E-state index contributed by atoms with van der Waals surface area (Å²) in [5.41, 5.74) is 8.77. The summed E-state index contributed by atoms with van der Waals surface area (Å²) in [7, 11) is 0. The Bertz CT molecular complexity index is 705. The molecule has 1 atom stereocenters. The maximum absolute atomic E-state index is 6.29. The van der Waals surface area contributed by atoms with Crippen LogP contribution in [0, 0.1) is 0 Å². The Morgan fingerprint density at radius 2 is 1.84 bits per heavy atom. The number of thiophene rings is 1. The minimum Gasteiger partial charge on any atom is -0.324 e. The molecule has 3 aromatic rings. The Morgan fingerprint density at radius 1 is 1.05 bits per heavy atom. The van der Waals surface area contributed by atoms with Crippen molar-refractivity contribution < 1.29 is 0 Å². The van der Waals surface area contributed by atoms with E-state index in [-0.39, 0.29) is 6.04 Å². The van der Waals surface area contributed by atoms with E-state index in [9.17, 15) is 0 Å². The molecule has 0 saturated heterocycles. The molecule has 1 heterocycles. The number of rotatable bonds is 3. The van der Waals surface area contributed by atoms with E-state index in [0.29, 0.717) is 0 Å². The molecule has 0 spiro atoms. The number of hydrogen-bond donors (Lipinski definition) is 1. The maximum Gasteiger partial charge on any atom is 0.0355 e. The van der Waals surface area contributed by atoms with Gasteiger partial charge in [-0.05, 0) is 49.6 Å². The van der Waals surface area contributed by atoms with Crippen molar-refractivity contribution in [2.45, 2.75) is 12.5 Å². The lowest BCUT2D eigenvalue weighted by Crippen LogP contribution is -2.12. The zero-order valence-corrected chi connectivity index (χ0v) is 12.7. The first-order valence-electron chi connectivity index (χ1n) is 6.19. The van der Waals surface area contributed by atoms with Gasteiger partial charge in [-0.15, -0.1) is 0 Å². The highest BCUT2D eigenvalue weighted by molar-refractivity contribution is 9.10. The molecule has 0 fully saturated rings. The van der Waals surface area contributed by atoms with Gasteiger partial charge in [0, 0.05) is 15.9 Å². The van der Waals surface area contributed by atoms with Crippen LogP contribution in [0.4, 0.5) is 0 Å². The molecule has 1 unspecified atom stereocenters. The predicted octanol–water partition coefficient (Wildman–Crippen LogP) is 4.91. The van der Waals surface area contributed by atoms with Gasteiger partial charge in [-0.1, -0.05) is 42.5 Å². The molecular weight excluding hydrogens is 318 g/mol. The van der Waals surface area contributed by atoms with Crippen molar-refractivity contribution >= 4 is 38.0 Å². The van der Waals surface area contributed by atoms with Crippen LogP contribution in [0.2, 0.25) is 0 Å². The number of fused-ring (bicyclic) bond motifs is 1. The normalized spacial score (nSPS) is 12.7. The smallest absolute Gasteiger partial charge is 0.0355 e. The van der Waals surface area contributed by atoms with Crippen molar-refractivity contribution in [1.29, 1.82) is 0 Å². The Labute approximate surface area is 125 Å². The summed E-state index contributed by atoms with van der Waals surface area (Å²) in [6.07, 6.45) is 0.861. The minimum atomic E-state index is 0.0433. The van der Waals surface area contributed by atoms with E-state index in [1.807, 2.05) is 0 Å². The Balaban J connectivity index is 1.87. The summed E-state index contributed by atoms with van der Waals surface area (Å²) in [5, 5.41) is 6.75. The van der Waals surface area contributed by atoms with Crippen LogP contribution >= 0.6 is 27.3 Å². The summed E-state index contributed by atoms with van der Waals surface area (Å²) in [6, 6.07) is 15.0. The first kappa shape index (κ1) is 12.9. The van der Waals surface area contributed by atoms with Gasteiger partial charge in [-0.25, -0.2) is 0 Å². The molecule has 0 aliphatic rings. The highest BCUT2D eigenvalue weighted by Gasteiger charge is 2.11. The first-order valence-corrected chi connectivity index (χ1v) is 7.92. The SMILES string of the molecule is NC(Cc1ccc2ccccc2c1)c1cscc1Br. The van der Waals surface area contributed by atoms with Gasteiger partial charge in [-0.3, -0.25) is 0 Å². The van der Waals surface area contributed by atoms with Crippen molar-refractivity contribution in [3.63, 3.8) is 0 Å². The van der Waals surface area contributed by atoms with Crippen LogP contribution in [0.3, 0.4) is 0 Å². The Morgan fingerprint density at radius 3 is 2.58 bits per heavy atom. The molecule has 0 saturated carbocycles. The predicted molar refractivity (Wildman–Crippen MR) is 86.6 cm³/mol. The molecule has 19 heavy (non-hydrogen) atoms. The van der Waals surface area contributed by atoms with Gasteiger partial charge in [0.15, 0.2) is 0 Å². The van der Waals surface area contributed by atoms with Crippen LogP contribution < -0.4 is 5.73 Å². The van der Waals surface area contributed by atoms with E-state index < -0.39 is 0 Å². The van der Waals surface area contributed by atoms with E-state index in [1.165, 1.54) is 21.9 Å². The van der Waals surface area contributed by atoms with E-state index in [1.54, 1.807) is 11.3 Å². The van der Waals surface area contributed by atoms with Crippen LogP contribution in [0.25, 0.3) is 10.8 Å². The van der Waals surface area contributed by atoms with E-state index in [4.69, 9.17) is 5.73 Å². The van der Waals surface area contributed by atoms with Crippen molar-refractivity contribution in [2.75, 3.05) is 0 Å². The lowest BCUT2D eigenvalue weighted by Gasteiger charge is -2.11. The molecule has 2 N–H and O–H groups in total. The molecule has 0 aliphatic heterocycles. The molecular formula is C16H14BrNS. The summed E-state index contributed by atoms with van der Waals surface area (Å²) >= 11 is 5.23. The van der Waals surface area contributed by atoms with Crippen LogP contribution in [-0.4, -0.2) is 0 Å². The third-order valence-corrected chi connectivity index (χ3v) is 5.06. The molecule has 1 aromatic heterocycles. The fourth-order valence-corrected chi connectivity index (χ4v) is 3.94. The number of halogens is 1. The van der Waals surface area contributed by atoms with Crippen molar-refractivity contribution in [1.82, 2.24) is 0 Å². The highest BCUT2D eigenvalue weighted by Crippen LogP contribution is 2.28. The van der Waals surface area contributed by atoms with Gasteiger partial charge >= 0.3 is 0 Å². The fraction of sp³-hybridized carbons (Fsp3) is 0.125. The van der Waals surface area contributed by atoms with E-state index >= 15 is 0 Å². The lowest BCUT2D eigenvalue weighted by atomic mass is 9.99. The van der Waals surface area contributed by atoms with Crippen LogP contribution in [0.1, 0.15) is 17.2 Å². The second-order valence-corrected chi connectivity index (χ2v) is 6.27. The molecule has 0 radical (unpaired) electrons. The van der Waals surface area contributed by atoms with E-state index in [0.717, 1.165) is 10.9 Å². The van der Waals surface area contributed by atoms with Gasteiger partial charge in [-0.2, -0.15) is 11.3 Å². The van der Waals surface area contributed by atoms with Crippen LogP contribution in [0.5, 0.6) is 0 Å². The molecule has 0 amide bonds. The van der Waals surface area contributed by atoms with Gasteiger partial charge in [0.2, 0.25) is 0 Å². The monoisotopic (exact) mass is 331 g/mol. The molecule has 0 bridgehead atoms. The minimum absolute atomic E-state index is 0.0433. The van der Waals surface area contributed by atoms with Crippen LogP contribution in [0.15, 0.2) is 57.7 Å². The number of nitrogens with two attached hydrogens (primary N) is 1. The fourth-order valence-electron chi connectivity index (χ4n) is 2.29. The topological polar surface area (TPSA) is 26.0 Å². The molecule has 3 heteroatoms. The van der Waals surface area contributed by atoms with Gasteiger partial charge < -0.3 is 5.73 Å². The Hall–Kier alpha value is -1.16. The van der Waals surface area contributed by atoms with Gasteiger partial charge in [0.05, 0.1) is 0 Å². The third-order valence-electron chi connectivity index (χ3n) is 3.31. The summed E-state index contributed by atoms with van der Waals surface area (Å²) in [5.74, 6) is 0. The quantitative estimate of drug-likeness (QED) is 0.725.